The molecule has 1 aliphatic rings. The van der Waals surface area contributed by atoms with E-state index < -0.39 is 0 Å². The van der Waals surface area contributed by atoms with Gasteiger partial charge < -0.3 is 23.7 Å². The third kappa shape index (κ3) is 31.7. The lowest BCUT2D eigenvalue weighted by atomic mass is 9.67. The van der Waals surface area contributed by atoms with Crippen LogP contribution in [0.3, 0.4) is 0 Å². The van der Waals surface area contributed by atoms with Crippen LogP contribution in [0.15, 0.2) is 42.7 Å². The van der Waals surface area contributed by atoms with Gasteiger partial charge in [0.15, 0.2) is 0 Å². The second-order valence-corrected chi connectivity index (χ2v) is 17.8. The highest BCUT2D eigenvalue weighted by atomic mass is 16.5. The van der Waals surface area contributed by atoms with Gasteiger partial charge in [0.05, 0.1) is 13.2 Å². The first-order chi connectivity index (χ1) is 27.3. The second-order valence-electron chi connectivity index (χ2n) is 17.8. The largest absolute Gasteiger partial charge is 0.381 e. The molecule has 0 spiro atoms. The van der Waals surface area contributed by atoms with Crippen molar-refractivity contribution in [3.63, 3.8) is 0 Å². The lowest BCUT2D eigenvalue weighted by Crippen LogP contribution is -2.25. The Labute approximate surface area is 349 Å². The first kappa shape index (κ1) is 52.8. The molecule has 328 valence electrons. The Morgan fingerprint density at radius 2 is 1.14 bits per heavy atom. The van der Waals surface area contributed by atoms with Crippen LogP contribution in [0.1, 0.15) is 189 Å². The van der Waals surface area contributed by atoms with Crippen molar-refractivity contribution in [2.75, 3.05) is 66.1 Å². The fraction of sp³-hybridized carbons (Fsp3) is 0.863. The molecule has 0 heterocycles. The Bertz CT molecular complexity index is 946. The number of hydrogen-bond donors (Lipinski definition) is 0. The molecule has 1 fully saturated rings. The van der Waals surface area contributed by atoms with Gasteiger partial charge in [0.25, 0.3) is 0 Å². The first-order valence-corrected chi connectivity index (χ1v) is 23.9. The van der Waals surface area contributed by atoms with Crippen LogP contribution in [0.25, 0.3) is 0 Å². The van der Waals surface area contributed by atoms with Crippen LogP contribution in [0.5, 0.6) is 0 Å². The maximum atomic E-state index is 6.01. The molecular formula is C51H94O5. The van der Waals surface area contributed by atoms with Crippen LogP contribution in [0, 0.1) is 29.1 Å². The highest BCUT2D eigenvalue weighted by Crippen LogP contribution is 2.44. The Morgan fingerprint density at radius 3 is 1.62 bits per heavy atom. The smallest absolute Gasteiger partial charge is 0.0700 e. The van der Waals surface area contributed by atoms with E-state index in [1.807, 2.05) is 0 Å². The average Bonchev–Trinajstić information content (AvgIpc) is 3.19. The van der Waals surface area contributed by atoms with Crippen molar-refractivity contribution >= 4 is 0 Å². The van der Waals surface area contributed by atoms with E-state index in [2.05, 4.69) is 71.7 Å². The Morgan fingerprint density at radius 1 is 0.661 bits per heavy atom. The van der Waals surface area contributed by atoms with Gasteiger partial charge >= 0.3 is 0 Å². The molecule has 0 saturated heterocycles. The van der Waals surface area contributed by atoms with Crippen molar-refractivity contribution < 1.29 is 23.7 Å². The van der Waals surface area contributed by atoms with Crippen LogP contribution in [-0.4, -0.2) is 66.1 Å². The fourth-order valence-electron chi connectivity index (χ4n) is 8.03. The van der Waals surface area contributed by atoms with Crippen LogP contribution < -0.4 is 0 Å². The van der Waals surface area contributed by atoms with E-state index in [-0.39, 0.29) is 0 Å². The summed E-state index contributed by atoms with van der Waals surface area (Å²) < 4.78 is 28.9. The molecule has 1 rings (SSSR count). The molecule has 1 aliphatic carbocycles. The molecule has 3 unspecified atom stereocenters. The van der Waals surface area contributed by atoms with Gasteiger partial charge in [-0.25, -0.2) is 0 Å². The minimum absolute atomic E-state index is 0.529. The number of unbranched alkanes of at least 4 members (excludes halogenated alkanes) is 8. The van der Waals surface area contributed by atoms with Crippen molar-refractivity contribution in [1.82, 2.24) is 0 Å². The minimum atomic E-state index is 0.529. The van der Waals surface area contributed by atoms with Gasteiger partial charge in [-0.05, 0) is 183 Å². The van der Waals surface area contributed by atoms with Crippen molar-refractivity contribution in [1.29, 1.82) is 0 Å². The summed E-state index contributed by atoms with van der Waals surface area (Å²) in [4.78, 5) is 0. The molecule has 56 heavy (non-hydrogen) atoms. The van der Waals surface area contributed by atoms with Crippen LogP contribution >= 0.6 is 0 Å². The van der Waals surface area contributed by atoms with Crippen LogP contribution in [0.4, 0.5) is 0 Å². The SMILES string of the molecule is C=C=CCC(C)/C(C)=C/C(C)CCC(CC=C)CCC1(C)CCC(CCCOCCCCCOCCCCCOCCCCCOCCOCCCCC)CC1. The van der Waals surface area contributed by atoms with Gasteiger partial charge in [-0.1, -0.05) is 64.8 Å². The molecule has 0 aliphatic heterocycles. The maximum Gasteiger partial charge on any atom is 0.0700 e. The predicted octanol–water partition coefficient (Wildman–Crippen LogP) is 14.4. The van der Waals surface area contributed by atoms with Crippen LogP contribution in [0.2, 0.25) is 0 Å². The second kappa shape index (κ2) is 38.0. The third-order valence-corrected chi connectivity index (χ3v) is 12.3. The van der Waals surface area contributed by atoms with Gasteiger partial charge in [0.2, 0.25) is 0 Å². The van der Waals surface area contributed by atoms with Crippen molar-refractivity contribution in [3.8, 4) is 0 Å². The molecule has 5 heteroatoms. The minimum Gasteiger partial charge on any atom is -0.381 e. The van der Waals surface area contributed by atoms with E-state index in [1.54, 1.807) is 0 Å². The highest BCUT2D eigenvalue weighted by Gasteiger charge is 2.31. The Balaban J connectivity index is 1.91. The molecule has 1 saturated carbocycles. The van der Waals surface area contributed by atoms with Gasteiger partial charge in [0.1, 0.15) is 0 Å². The highest BCUT2D eigenvalue weighted by molar-refractivity contribution is 5.06. The quantitative estimate of drug-likeness (QED) is 0.0351. The fourth-order valence-corrected chi connectivity index (χ4v) is 8.03. The summed E-state index contributed by atoms with van der Waals surface area (Å²) >= 11 is 0. The van der Waals surface area contributed by atoms with Gasteiger partial charge in [-0.2, -0.15) is 0 Å². The molecule has 0 amide bonds. The summed E-state index contributed by atoms with van der Waals surface area (Å²) in [6.45, 7) is 28.1. The van der Waals surface area contributed by atoms with E-state index in [4.69, 9.17) is 23.7 Å². The van der Waals surface area contributed by atoms with E-state index >= 15 is 0 Å². The van der Waals surface area contributed by atoms with Gasteiger partial charge in [-0.15, -0.1) is 12.3 Å². The summed E-state index contributed by atoms with van der Waals surface area (Å²) in [7, 11) is 0. The molecule has 5 nitrogen and oxygen atoms in total. The Kier molecular flexibility index (Phi) is 35.9. The van der Waals surface area contributed by atoms with Crippen molar-refractivity contribution in [2.24, 2.45) is 29.1 Å². The van der Waals surface area contributed by atoms with E-state index in [9.17, 15) is 0 Å². The van der Waals surface area contributed by atoms with E-state index in [0.717, 1.165) is 136 Å². The number of allylic oxidation sites excluding steroid dienone is 4. The summed E-state index contributed by atoms with van der Waals surface area (Å²) in [6.07, 6.45) is 36.4. The first-order valence-electron chi connectivity index (χ1n) is 23.9. The summed E-state index contributed by atoms with van der Waals surface area (Å²) in [5.41, 5.74) is 4.95. The summed E-state index contributed by atoms with van der Waals surface area (Å²) in [5, 5.41) is 0. The molecular weight excluding hydrogens is 693 g/mol. The van der Waals surface area contributed by atoms with Gasteiger partial charge in [0, 0.05) is 52.9 Å². The average molecular weight is 787 g/mol. The molecule has 3 atom stereocenters. The zero-order chi connectivity index (χ0) is 40.8. The standard InChI is InChI=1S/C51H94O5/c1-8-11-16-35-55-43-44-56-41-22-15-20-39-53-37-18-13-17-36-52-38-19-14-21-40-54-42-23-26-50-30-33-51(7,34-31-50)32-29-49(24-10-3)28-27-46(4)45-48(6)47(5)25-12-9-2/h10,12,45-47,49-50H,2-3,8,11,13-44H2,1,4-7H3/b48-45+. The maximum absolute atomic E-state index is 6.01. The lowest BCUT2D eigenvalue weighted by molar-refractivity contribution is 0.0441. The molecule has 0 aromatic heterocycles. The van der Waals surface area contributed by atoms with E-state index in [0.29, 0.717) is 17.3 Å². The molecule has 0 radical (unpaired) electrons. The van der Waals surface area contributed by atoms with Crippen molar-refractivity contribution in [2.45, 2.75) is 189 Å². The predicted molar refractivity (Wildman–Crippen MR) is 242 cm³/mol. The van der Waals surface area contributed by atoms with Gasteiger partial charge in [-0.3, -0.25) is 0 Å². The zero-order valence-corrected chi connectivity index (χ0v) is 38.0. The summed E-state index contributed by atoms with van der Waals surface area (Å²) in [5.74, 6) is 2.89. The number of rotatable bonds is 41. The lowest BCUT2D eigenvalue weighted by Gasteiger charge is -2.38. The topological polar surface area (TPSA) is 46.2 Å². The summed E-state index contributed by atoms with van der Waals surface area (Å²) in [6, 6.07) is 0. The molecule has 0 aromatic rings. The molecule has 0 N–H and O–H groups in total. The zero-order valence-electron chi connectivity index (χ0n) is 38.0. The van der Waals surface area contributed by atoms with E-state index in [1.165, 1.54) is 102 Å². The van der Waals surface area contributed by atoms with Crippen molar-refractivity contribution in [3.05, 3.63) is 42.7 Å². The normalized spacial score (nSPS) is 19.1. The number of hydrogen-bond acceptors (Lipinski definition) is 5. The molecule has 0 bridgehead atoms. The molecule has 0 aromatic carbocycles. The monoisotopic (exact) mass is 787 g/mol. The number of ether oxygens (including phenoxy) is 5. The Hall–Kier alpha value is -1.20. The van der Waals surface area contributed by atoms with Crippen LogP contribution in [-0.2, 0) is 23.7 Å². The third-order valence-electron chi connectivity index (χ3n) is 12.3.